The van der Waals surface area contributed by atoms with Gasteiger partial charge in [-0.3, -0.25) is 0 Å². The highest BCUT2D eigenvalue weighted by Gasteiger charge is 2.26. The summed E-state index contributed by atoms with van der Waals surface area (Å²) in [5.41, 5.74) is 3.11. The average molecular weight is 695 g/mol. The van der Waals surface area contributed by atoms with Crippen molar-refractivity contribution >= 4 is 64.6 Å². The third-order valence-corrected chi connectivity index (χ3v) is 7.10. The number of ether oxygens (including phenoxy) is 4. The van der Waals surface area contributed by atoms with E-state index in [1.165, 1.54) is 0 Å². The number of carbonyl (C=O) groups excluding carboxylic acids is 2. The maximum absolute atomic E-state index is 11.6. The molecule has 0 saturated carbocycles. The van der Waals surface area contributed by atoms with Crippen LogP contribution in [-0.2, 0) is 25.5 Å². The molecule has 45 heavy (non-hydrogen) atoms. The van der Waals surface area contributed by atoms with Gasteiger partial charge in [-0.2, -0.15) is 0 Å². The zero-order chi connectivity index (χ0) is 32.3. The van der Waals surface area contributed by atoms with Gasteiger partial charge in [-0.1, -0.05) is 88.0 Å². The fraction of sp³-hybridized carbons (Fsp3) is 0.226. The van der Waals surface area contributed by atoms with Crippen molar-refractivity contribution in [1.82, 2.24) is 9.78 Å². The van der Waals surface area contributed by atoms with Gasteiger partial charge in [0.05, 0.1) is 36.0 Å². The fourth-order valence-corrected chi connectivity index (χ4v) is 5.02. The molecule has 0 radical (unpaired) electrons. The monoisotopic (exact) mass is 693 g/mol. The molecule has 10 nitrogen and oxygen atoms in total. The first kappa shape index (κ1) is 33.9. The summed E-state index contributed by atoms with van der Waals surface area (Å²) < 4.78 is 21.0. The van der Waals surface area contributed by atoms with Gasteiger partial charge in [0, 0.05) is 33.1 Å². The van der Waals surface area contributed by atoms with Crippen molar-refractivity contribution < 1.29 is 33.4 Å². The van der Waals surface area contributed by atoms with E-state index in [0.29, 0.717) is 44.3 Å². The molecule has 0 spiro atoms. The van der Waals surface area contributed by atoms with Crippen LogP contribution in [0.25, 0.3) is 16.9 Å². The van der Waals surface area contributed by atoms with Crippen LogP contribution in [0.2, 0.25) is 20.1 Å². The number of halogens is 4. The minimum absolute atomic E-state index is 0.114. The predicted octanol–water partition coefficient (Wildman–Crippen LogP) is 9.19. The van der Waals surface area contributed by atoms with Gasteiger partial charge in [0.1, 0.15) is 6.10 Å². The third-order valence-electron chi connectivity index (χ3n) is 5.98. The van der Waals surface area contributed by atoms with Crippen molar-refractivity contribution in [3.05, 3.63) is 98.5 Å². The molecule has 1 aliphatic heterocycles. The number of rotatable bonds is 7. The molecule has 0 bridgehead atoms. The first-order chi connectivity index (χ1) is 21.7. The summed E-state index contributed by atoms with van der Waals surface area (Å²) in [5, 5.41) is 10.1. The topological polar surface area (TPSA) is 110 Å². The molecule has 1 atom stereocenters. The first-order valence-electron chi connectivity index (χ1n) is 13.6. The smallest absolute Gasteiger partial charge is 0.434 e. The SMILES string of the molecule is CCOC(=O)OC1=NOC(Cc2ccc(Cl)cc2Cl)C1.CCOC(=O)Oc1cc(-c2ccccc2)n(-c2ccc(Cl)cc2Cl)n1. The molecular formula is C31H27Cl4N3O7. The van der Waals surface area contributed by atoms with E-state index >= 15 is 0 Å². The quantitative estimate of drug-likeness (QED) is 0.176. The lowest BCUT2D eigenvalue weighted by molar-refractivity contribution is 0.0842. The molecule has 0 fully saturated rings. The number of nitrogens with zero attached hydrogens (tertiary/aromatic N) is 3. The van der Waals surface area contributed by atoms with Gasteiger partial charge in [0.2, 0.25) is 11.8 Å². The first-order valence-corrected chi connectivity index (χ1v) is 15.1. The number of benzene rings is 3. The Balaban J connectivity index is 0.000000210. The summed E-state index contributed by atoms with van der Waals surface area (Å²) in [6.07, 6.45) is -0.875. The molecule has 5 rings (SSSR count). The van der Waals surface area contributed by atoms with E-state index < -0.39 is 12.3 Å². The van der Waals surface area contributed by atoms with Crippen LogP contribution in [-0.4, -0.2) is 47.3 Å². The molecule has 3 aromatic carbocycles. The number of carbonyl (C=O) groups is 2. The molecular weight excluding hydrogens is 668 g/mol. The van der Waals surface area contributed by atoms with Gasteiger partial charge >= 0.3 is 12.3 Å². The Labute approximate surface area is 279 Å². The van der Waals surface area contributed by atoms with E-state index in [4.69, 9.17) is 65.5 Å². The Morgan fingerprint density at radius 1 is 0.844 bits per heavy atom. The minimum atomic E-state index is -0.811. The molecule has 0 aliphatic carbocycles. The normalized spacial score (nSPS) is 13.6. The molecule has 1 aromatic heterocycles. The summed E-state index contributed by atoms with van der Waals surface area (Å²) >= 11 is 24.2. The summed E-state index contributed by atoms with van der Waals surface area (Å²) in [6, 6.07) is 21.6. The highest BCUT2D eigenvalue weighted by atomic mass is 35.5. The standard InChI is InChI=1S/C18H14Cl2N2O3.C13H13Cl2NO4/c1-2-24-18(23)25-17-11-16(12-6-4-3-5-7-12)22(21-17)15-9-8-13(19)10-14(15)20;1-2-18-13(17)19-12-7-10(20-16-12)5-8-3-4-9(14)6-11(8)15/h3-11H,2H2,1H3;3-4,6,10H,2,5,7H2,1H3. The minimum Gasteiger partial charge on any atom is -0.434 e. The molecule has 0 amide bonds. The Morgan fingerprint density at radius 3 is 2.13 bits per heavy atom. The molecule has 14 heteroatoms. The lowest BCUT2D eigenvalue weighted by Gasteiger charge is -2.09. The second-order valence-corrected chi connectivity index (χ2v) is 10.9. The molecule has 236 valence electrons. The van der Waals surface area contributed by atoms with Crippen molar-refractivity contribution in [3.8, 4) is 22.8 Å². The Morgan fingerprint density at radius 2 is 1.49 bits per heavy atom. The summed E-state index contributed by atoms with van der Waals surface area (Å²) in [6.45, 7) is 3.85. The van der Waals surface area contributed by atoms with Crippen molar-refractivity contribution in [2.45, 2.75) is 32.8 Å². The van der Waals surface area contributed by atoms with Crippen molar-refractivity contribution in [3.63, 3.8) is 0 Å². The highest BCUT2D eigenvalue weighted by molar-refractivity contribution is 6.36. The summed E-state index contributed by atoms with van der Waals surface area (Å²) in [4.78, 5) is 27.9. The van der Waals surface area contributed by atoms with Gasteiger partial charge in [-0.25, -0.2) is 14.3 Å². The van der Waals surface area contributed by atoms with E-state index in [1.807, 2.05) is 36.4 Å². The van der Waals surface area contributed by atoms with E-state index in [1.54, 1.807) is 54.9 Å². The molecule has 1 unspecified atom stereocenters. The van der Waals surface area contributed by atoms with Gasteiger partial charge in [0.15, 0.2) is 0 Å². The van der Waals surface area contributed by atoms with Crippen LogP contribution in [0.4, 0.5) is 9.59 Å². The van der Waals surface area contributed by atoms with Crippen molar-refractivity contribution in [2.24, 2.45) is 5.16 Å². The van der Waals surface area contributed by atoms with Crippen LogP contribution in [0.15, 0.2) is 78.0 Å². The highest BCUT2D eigenvalue weighted by Crippen LogP contribution is 2.31. The predicted molar refractivity (Wildman–Crippen MR) is 172 cm³/mol. The van der Waals surface area contributed by atoms with E-state index in [2.05, 4.69) is 15.0 Å². The van der Waals surface area contributed by atoms with Crippen molar-refractivity contribution in [1.29, 1.82) is 0 Å². The van der Waals surface area contributed by atoms with Gasteiger partial charge in [-0.15, -0.1) is 5.10 Å². The van der Waals surface area contributed by atoms with Crippen molar-refractivity contribution in [2.75, 3.05) is 13.2 Å². The van der Waals surface area contributed by atoms with Crippen LogP contribution in [0.5, 0.6) is 5.88 Å². The lowest BCUT2D eigenvalue weighted by Crippen LogP contribution is -2.16. The fourth-order valence-electron chi connectivity index (χ4n) is 4.04. The van der Waals surface area contributed by atoms with E-state index in [-0.39, 0.29) is 31.1 Å². The number of aromatic nitrogens is 2. The summed E-state index contributed by atoms with van der Waals surface area (Å²) in [5.74, 6) is 0.321. The molecule has 0 N–H and O–H groups in total. The van der Waals surface area contributed by atoms with Crippen LogP contribution in [0, 0.1) is 0 Å². The Bertz CT molecular complexity index is 1660. The van der Waals surface area contributed by atoms with E-state index in [0.717, 1.165) is 11.1 Å². The zero-order valence-electron chi connectivity index (χ0n) is 24.0. The number of hydrogen-bond acceptors (Lipinski definition) is 9. The second-order valence-electron chi connectivity index (χ2n) is 9.17. The van der Waals surface area contributed by atoms with Crippen LogP contribution in [0.3, 0.4) is 0 Å². The maximum Gasteiger partial charge on any atom is 0.515 e. The Kier molecular flexibility index (Phi) is 12.3. The van der Waals surface area contributed by atoms with Gasteiger partial charge < -0.3 is 23.8 Å². The second kappa shape index (κ2) is 16.4. The molecule has 1 aliphatic rings. The molecule has 4 aromatic rings. The average Bonchev–Trinajstić information content (AvgIpc) is 3.62. The Hall–Kier alpha value is -3.96. The largest absolute Gasteiger partial charge is 0.515 e. The van der Waals surface area contributed by atoms with Gasteiger partial charge in [-0.05, 0) is 49.7 Å². The molecule has 0 saturated heterocycles. The van der Waals surface area contributed by atoms with E-state index in [9.17, 15) is 9.59 Å². The number of hydrogen-bond donors (Lipinski definition) is 0. The molecule has 2 heterocycles. The maximum atomic E-state index is 11.6. The van der Waals surface area contributed by atoms with Gasteiger partial charge in [0.25, 0.3) is 0 Å². The summed E-state index contributed by atoms with van der Waals surface area (Å²) in [7, 11) is 0. The third kappa shape index (κ3) is 9.76. The number of oxime groups is 1. The lowest BCUT2D eigenvalue weighted by atomic mass is 10.1. The van der Waals surface area contributed by atoms with Crippen LogP contribution >= 0.6 is 46.4 Å². The zero-order valence-corrected chi connectivity index (χ0v) is 27.1. The van der Waals surface area contributed by atoms with Crippen LogP contribution < -0.4 is 4.74 Å². The van der Waals surface area contributed by atoms with Crippen LogP contribution in [0.1, 0.15) is 25.8 Å².